The maximum absolute atomic E-state index is 13.1. The molecule has 36 heavy (non-hydrogen) atoms. The van der Waals surface area contributed by atoms with Gasteiger partial charge >= 0.3 is 0 Å². The molecular formula is C32H45N3O. The molecule has 0 amide bonds. The van der Waals surface area contributed by atoms with E-state index in [0.29, 0.717) is 24.0 Å². The molecule has 0 saturated heterocycles. The quantitative estimate of drug-likeness (QED) is 0.274. The van der Waals surface area contributed by atoms with Crippen molar-refractivity contribution in [1.82, 2.24) is 9.97 Å². The Morgan fingerprint density at radius 1 is 1.06 bits per heavy atom. The molecule has 3 unspecified atom stereocenters. The number of fused-ring (bicyclic) bond motifs is 1. The largest absolute Gasteiger partial charge is 0.375 e. The topological polar surface area (TPSA) is 54.9 Å². The number of allylic oxidation sites excluding steroid dienone is 2. The third-order valence-electron chi connectivity index (χ3n) is 7.66. The molecule has 194 valence electrons. The van der Waals surface area contributed by atoms with E-state index < -0.39 is 0 Å². The third-order valence-corrected chi connectivity index (χ3v) is 7.66. The Morgan fingerprint density at radius 2 is 1.81 bits per heavy atom. The van der Waals surface area contributed by atoms with E-state index in [1.165, 1.54) is 36.1 Å². The Balaban J connectivity index is 1.44. The molecule has 0 saturated carbocycles. The summed E-state index contributed by atoms with van der Waals surface area (Å²) in [5.41, 5.74) is 5.82. The second-order valence-electron chi connectivity index (χ2n) is 10.4. The summed E-state index contributed by atoms with van der Waals surface area (Å²) in [5, 5.41) is 3.50. The zero-order valence-corrected chi connectivity index (χ0v) is 22.8. The standard InChI is InChI=1S/C32H45N3O/c1-5-25(4)32(35-27-17-8-7-9-18-27)31(36)21-13-16-26(6-2)15-12-14-24(3)22-30-28-19-10-11-20-29(28)33-23-34-30/h7-10,17-19,22-23,25-26,32,35H,5-6,11-16,20-21H2,1-4H3. The van der Waals surface area contributed by atoms with Crippen molar-refractivity contribution in [3.8, 4) is 0 Å². The maximum atomic E-state index is 13.1. The number of aryl methyl sites for hydroxylation is 1. The van der Waals surface area contributed by atoms with Crippen molar-refractivity contribution in [2.75, 3.05) is 5.32 Å². The van der Waals surface area contributed by atoms with Gasteiger partial charge in [0, 0.05) is 17.7 Å². The van der Waals surface area contributed by atoms with Gasteiger partial charge in [0.15, 0.2) is 5.78 Å². The smallest absolute Gasteiger partial charge is 0.155 e. The lowest BCUT2D eigenvalue weighted by Crippen LogP contribution is -2.35. The number of carbonyl (C=O) groups excluding carboxylic acids is 1. The van der Waals surface area contributed by atoms with E-state index in [1.54, 1.807) is 6.33 Å². The van der Waals surface area contributed by atoms with Crippen LogP contribution in [0.3, 0.4) is 0 Å². The van der Waals surface area contributed by atoms with Gasteiger partial charge in [0.05, 0.1) is 17.4 Å². The van der Waals surface area contributed by atoms with E-state index in [9.17, 15) is 4.79 Å². The zero-order chi connectivity index (χ0) is 25.8. The van der Waals surface area contributed by atoms with Gasteiger partial charge in [-0.05, 0) is 69.1 Å². The number of aromatic nitrogens is 2. The fourth-order valence-corrected chi connectivity index (χ4v) is 5.10. The van der Waals surface area contributed by atoms with Crippen LogP contribution >= 0.6 is 0 Å². The van der Waals surface area contributed by atoms with E-state index in [0.717, 1.165) is 49.9 Å². The Morgan fingerprint density at radius 3 is 2.53 bits per heavy atom. The second kappa shape index (κ2) is 14.7. The van der Waals surface area contributed by atoms with Crippen LogP contribution in [0, 0.1) is 11.8 Å². The molecule has 1 N–H and O–H groups in total. The fourth-order valence-electron chi connectivity index (χ4n) is 5.10. The molecular weight excluding hydrogens is 442 g/mol. The monoisotopic (exact) mass is 487 g/mol. The van der Waals surface area contributed by atoms with Crippen molar-refractivity contribution in [1.29, 1.82) is 0 Å². The lowest BCUT2D eigenvalue weighted by Gasteiger charge is -2.24. The van der Waals surface area contributed by atoms with Crippen LogP contribution in [-0.2, 0) is 11.2 Å². The molecule has 1 heterocycles. The minimum absolute atomic E-state index is 0.104. The van der Waals surface area contributed by atoms with Crippen molar-refractivity contribution in [3.05, 3.63) is 65.3 Å². The normalized spacial score (nSPS) is 15.7. The summed E-state index contributed by atoms with van der Waals surface area (Å²) in [6.45, 7) is 8.84. The number of carbonyl (C=O) groups is 1. The lowest BCUT2D eigenvalue weighted by atomic mass is 9.89. The number of rotatable bonds is 15. The van der Waals surface area contributed by atoms with Crippen LogP contribution in [0.1, 0.15) is 102 Å². The summed E-state index contributed by atoms with van der Waals surface area (Å²) >= 11 is 0. The number of anilines is 1. The fraction of sp³-hybridized carbons (Fsp3) is 0.531. The average Bonchev–Trinajstić information content (AvgIpc) is 2.91. The maximum Gasteiger partial charge on any atom is 0.155 e. The van der Waals surface area contributed by atoms with Crippen molar-refractivity contribution < 1.29 is 4.79 Å². The summed E-state index contributed by atoms with van der Waals surface area (Å²) in [6, 6.07) is 10.0. The first-order valence-electron chi connectivity index (χ1n) is 14.0. The van der Waals surface area contributed by atoms with E-state index >= 15 is 0 Å². The molecule has 3 atom stereocenters. The molecule has 4 heteroatoms. The van der Waals surface area contributed by atoms with Crippen LogP contribution in [0.4, 0.5) is 5.69 Å². The van der Waals surface area contributed by atoms with Gasteiger partial charge in [-0.15, -0.1) is 0 Å². The highest BCUT2D eigenvalue weighted by Crippen LogP contribution is 2.25. The molecule has 1 aromatic heterocycles. The van der Waals surface area contributed by atoms with Gasteiger partial charge in [0.2, 0.25) is 0 Å². The molecule has 0 fully saturated rings. The number of nitrogens with one attached hydrogen (secondary N) is 1. The van der Waals surface area contributed by atoms with Gasteiger partial charge in [-0.25, -0.2) is 9.97 Å². The van der Waals surface area contributed by atoms with Crippen molar-refractivity contribution in [2.45, 2.75) is 97.9 Å². The predicted octanol–water partition coefficient (Wildman–Crippen LogP) is 8.30. The van der Waals surface area contributed by atoms with E-state index in [4.69, 9.17) is 0 Å². The van der Waals surface area contributed by atoms with E-state index in [1.807, 2.05) is 30.3 Å². The Kier molecular flexibility index (Phi) is 11.4. The number of benzene rings is 1. The van der Waals surface area contributed by atoms with Crippen LogP contribution in [0.5, 0.6) is 0 Å². The van der Waals surface area contributed by atoms with Crippen LogP contribution in [0.2, 0.25) is 0 Å². The van der Waals surface area contributed by atoms with Crippen LogP contribution in [0.25, 0.3) is 12.2 Å². The van der Waals surface area contributed by atoms with Crippen LogP contribution in [0.15, 0.2) is 48.3 Å². The molecule has 0 spiro atoms. The first-order valence-corrected chi connectivity index (χ1v) is 14.0. The molecule has 2 aromatic rings. The highest BCUT2D eigenvalue weighted by molar-refractivity contribution is 5.87. The number of Topliss-reactive ketones (excluding diaryl/α,β-unsaturated/α-hetero) is 1. The van der Waals surface area contributed by atoms with Gasteiger partial charge in [-0.1, -0.05) is 82.4 Å². The minimum Gasteiger partial charge on any atom is -0.375 e. The lowest BCUT2D eigenvalue weighted by molar-refractivity contribution is -0.120. The van der Waals surface area contributed by atoms with Crippen LogP contribution in [-0.4, -0.2) is 21.8 Å². The first-order chi connectivity index (χ1) is 17.5. The van der Waals surface area contributed by atoms with Crippen molar-refractivity contribution >= 4 is 23.6 Å². The molecule has 1 aliphatic rings. The predicted molar refractivity (Wildman–Crippen MR) is 153 cm³/mol. The van der Waals surface area contributed by atoms with Crippen molar-refractivity contribution in [2.24, 2.45) is 11.8 Å². The first kappa shape index (κ1) is 27.8. The molecule has 1 aliphatic carbocycles. The minimum atomic E-state index is -0.104. The van der Waals surface area contributed by atoms with Gasteiger partial charge in [-0.3, -0.25) is 4.79 Å². The SMILES string of the molecule is CCC(CCCC(=O)C(Nc1ccccc1)C(C)CC)CCCC(C)=Cc1ncnc2c1C=CCC2. The molecule has 4 nitrogen and oxygen atoms in total. The molecule has 3 rings (SSSR count). The van der Waals surface area contributed by atoms with E-state index in [2.05, 4.69) is 61.2 Å². The zero-order valence-electron chi connectivity index (χ0n) is 22.8. The van der Waals surface area contributed by atoms with Crippen molar-refractivity contribution in [3.63, 3.8) is 0 Å². The van der Waals surface area contributed by atoms with E-state index in [-0.39, 0.29) is 6.04 Å². The number of hydrogen-bond donors (Lipinski definition) is 1. The average molecular weight is 488 g/mol. The van der Waals surface area contributed by atoms with Crippen LogP contribution < -0.4 is 5.32 Å². The number of para-hydroxylation sites is 1. The van der Waals surface area contributed by atoms with Gasteiger partial charge in [0.25, 0.3) is 0 Å². The summed E-state index contributed by atoms with van der Waals surface area (Å²) in [5.74, 6) is 1.36. The van der Waals surface area contributed by atoms with Gasteiger partial charge in [-0.2, -0.15) is 0 Å². The second-order valence-corrected chi connectivity index (χ2v) is 10.4. The molecule has 1 aromatic carbocycles. The Labute approximate surface area is 218 Å². The Hall–Kier alpha value is -2.75. The number of ketones is 1. The molecule has 0 aliphatic heterocycles. The summed E-state index contributed by atoms with van der Waals surface area (Å²) in [6.07, 6.45) is 18.9. The molecule has 0 bridgehead atoms. The summed E-state index contributed by atoms with van der Waals surface area (Å²) in [4.78, 5) is 22.1. The number of hydrogen-bond acceptors (Lipinski definition) is 4. The Bertz CT molecular complexity index is 1010. The summed E-state index contributed by atoms with van der Waals surface area (Å²) in [7, 11) is 0. The third kappa shape index (κ3) is 8.43. The van der Waals surface area contributed by atoms with Gasteiger partial charge in [0.1, 0.15) is 6.33 Å². The highest BCUT2D eigenvalue weighted by Gasteiger charge is 2.23. The number of nitrogens with zero attached hydrogens (tertiary/aromatic N) is 2. The molecule has 0 radical (unpaired) electrons. The summed E-state index contributed by atoms with van der Waals surface area (Å²) < 4.78 is 0. The van der Waals surface area contributed by atoms with Gasteiger partial charge < -0.3 is 5.32 Å². The highest BCUT2D eigenvalue weighted by atomic mass is 16.1.